The minimum atomic E-state index is -4.84. The van der Waals surface area contributed by atoms with Gasteiger partial charge in [-0.05, 0) is 49.2 Å². The summed E-state index contributed by atoms with van der Waals surface area (Å²) in [5, 5.41) is 2.49. The van der Waals surface area contributed by atoms with Crippen molar-refractivity contribution in [3.05, 3.63) is 63.6 Å². The Balaban J connectivity index is 2.51. The van der Waals surface area contributed by atoms with E-state index in [4.69, 9.17) is 23.2 Å². The lowest BCUT2D eigenvalue weighted by atomic mass is 10.1. The van der Waals surface area contributed by atoms with Gasteiger partial charge >= 0.3 is 6.18 Å². The zero-order chi connectivity index (χ0) is 27.3. The Hall–Kier alpha value is -2.50. The van der Waals surface area contributed by atoms with Crippen LogP contribution in [-0.2, 0) is 32.3 Å². The third-order valence-corrected chi connectivity index (χ3v) is 6.95. The molecule has 13 heteroatoms. The molecule has 0 unspecified atom stereocenters. The highest BCUT2D eigenvalue weighted by atomic mass is 35.5. The van der Waals surface area contributed by atoms with Gasteiger partial charge in [0, 0.05) is 18.1 Å². The van der Waals surface area contributed by atoms with Gasteiger partial charge < -0.3 is 10.2 Å². The van der Waals surface area contributed by atoms with E-state index in [0.717, 1.165) is 18.4 Å². The predicted octanol–water partition coefficient (Wildman–Crippen LogP) is 4.72. The Morgan fingerprint density at radius 1 is 1.06 bits per heavy atom. The van der Waals surface area contributed by atoms with Crippen LogP contribution < -0.4 is 9.62 Å². The number of likely N-dealkylation sites (N-methyl/N-ethyl adjacent to an activating group) is 1. The molecular formula is C23H26Cl2F3N3O4S. The number of nitrogens with zero attached hydrogens (tertiary/aromatic N) is 2. The molecule has 2 aromatic carbocycles. The summed E-state index contributed by atoms with van der Waals surface area (Å²) in [6, 6.07) is 8.11. The topological polar surface area (TPSA) is 86.8 Å². The summed E-state index contributed by atoms with van der Waals surface area (Å²) in [4.78, 5) is 27.4. The van der Waals surface area contributed by atoms with E-state index >= 15 is 0 Å². The van der Waals surface area contributed by atoms with Crippen LogP contribution in [0.15, 0.2) is 42.5 Å². The van der Waals surface area contributed by atoms with E-state index in [0.29, 0.717) is 27.5 Å². The SMILES string of the molecule is CCNC(=O)[C@H](CC)N(Cc1ccc(Cl)cc1)C(=O)CN(c1ccc(Cl)c(C(F)(F)F)c1)S(C)(=O)=O. The lowest BCUT2D eigenvalue weighted by Crippen LogP contribution is -2.52. The summed E-state index contributed by atoms with van der Waals surface area (Å²) in [6.07, 6.45) is -3.86. The van der Waals surface area contributed by atoms with Crippen molar-refractivity contribution in [2.24, 2.45) is 0 Å². The molecular weight excluding hydrogens is 542 g/mol. The molecule has 0 aliphatic rings. The number of sulfonamides is 1. The summed E-state index contributed by atoms with van der Waals surface area (Å²) in [5.74, 6) is -1.23. The Morgan fingerprint density at radius 2 is 1.67 bits per heavy atom. The quantitative estimate of drug-likeness (QED) is 0.450. The number of halogens is 5. The number of benzene rings is 2. The van der Waals surface area contributed by atoms with Gasteiger partial charge in [-0.25, -0.2) is 8.42 Å². The van der Waals surface area contributed by atoms with Gasteiger partial charge in [0.05, 0.1) is 22.5 Å². The Morgan fingerprint density at radius 3 is 2.17 bits per heavy atom. The molecule has 7 nitrogen and oxygen atoms in total. The molecule has 0 aliphatic carbocycles. The van der Waals surface area contributed by atoms with E-state index in [1.165, 1.54) is 4.90 Å². The van der Waals surface area contributed by atoms with E-state index < -0.39 is 51.2 Å². The zero-order valence-electron chi connectivity index (χ0n) is 19.8. The molecule has 0 aliphatic heterocycles. The molecule has 1 atom stereocenters. The maximum Gasteiger partial charge on any atom is 0.417 e. The molecule has 0 saturated carbocycles. The predicted molar refractivity (Wildman–Crippen MR) is 133 cm³/mol. The molecule has 2 aromatic rings. The van der Waals surface area contributed by atoms with Crippen molar-refractivity contribution in [3.8, 4) is 0 Å². The largest absolute Gasteiger partial charge is 0.417 e. The molecule has 2 rings (SSSR count). The van der Waals surface area contributed by atoms with Crippen molar-refractivity contribution in [2.75, 3.05) is 23.7 Å². The number of rotatable bonds is 10. The van der Waals surface area contributed by atoms with E-state index in [9.17, 15) is 31.2 Å². The van der Waals surface area contributed by atoms with Gasteiger partial charge in [0.2, 0.25) is 21.8 Å². The summed E-state index contributed by atoms with van der Waals surface area (Å²) in [5.41, 5.74) is -1.01. The number of carbonyl (C=O) groups is 2. The average Bonchev–Trinajstić information content (AvgIpc) is 2.77. The summed E-state index contributed by atoms with van der Waals surface area (Å²) >= 11 is 11.6. The second kappa shape index (κ2) is 12.2. The van der Waals surface area contributed by atoms with Gasteiger partial charge in [-0.3, -0.25) is 13.9 Å². The molecule has 0 spiro atoms. The number of hydrogen-bond acceptors (Lipinski definition) is 4. The molecule has 0 bridgehead atoms. The van der Waals surface area contributed by atoms with Crippen LogP contribution in [0.3, 0.4) is 0 Å². The fourth-order valence-corrected chi connectivity index (χ4v) is 4.69. The number of carbonyl (C=O) groups excluding carboxylic acids is 2. The molecule has 1 N–H and O–H groups in total. The van der Waals surface area contributed by atoms with Crippen molar-refractivity contribution >= 4 is 50.7 Å². The van der Waals surface area contributed by atoms with E-state index in [1.807, 2.05) is 0 Å². The number of nitrogens with one attached hydrogen (secondary N) is 1. The fraction of sp³-hybridized carbons (Fsp3) is 0.391. The molecule has 0 radical (unpaired) electrons. The molecule has 0 heterocycles. The monoisotopic (exact) mass is 567 g/mol. The van der Waals surface area contributed by atoms with Crippen LogP contribution in [0.25, 0.3) is 0 Å². The standard InChI is InChI=1S/C23H26Cl2F3N3O4S/c1-4-20(22(33)29-5-2)30(13-15-6-8-16(24)9-7-15)21(32)14-31(36(3,34)35)17-10-11-19(25)18(12-17)23(26,27)28/h6-12,20H,4-5,13-14H2,1-3H3,(H,29,33)/t20-/m0/s1. The lowest BCUT2D eigenvalue weighted by molar-refractivity contribution is -0.140. The van der Waals surface area contributed by atoms with Crippen molar-refractivity contribution in [1.82, 2.24) is 10.2 Å². The van der Waals surface area contributed by atoms with Crippen LogP contribution in [0.2, 0.25) is 10.0 Å². The smallest absolute Gasteiger partial charge is 0.355 e. The highest BCUT2D eigenvalue weighted by Gasteiger charge is 2.36. The number of alkyl halides is 3. The molecule has 36 heavy (non-hydrogen) atoms. The summed E-state index contributed by atoms with van der Waals surface area (Å²) in [7, 11) is -4.21. The van der Waals surface area contributed by atoms with Gasteiger partial charge in [0.1, 0.15) is 12.6 Å². The summed E-state index contributed by atoms with van der Waals surface area (Å²) < 4.78 is 65.8. The number of amides is 2. The van der Waals surface area contributed by atoms with Crippen LogP contribution >= 0.6 is 23.2 Å². The van der Waals surface area contributed by atoms with E-state index in [1.54, 1.807) is 38.1 Å². The van der Waals surface area contributed by atoms with Gasteiger partial charge in [-0.2, -0.15) is 13.2 Å². The molecule has 0 saturated heterocycles. The minimum Gasteiger partial charge on any atom is -0.355 e. The van der Waals surface area contributed by atoms with E-state index in [2.05, 4.69) is 5.32 Å². The third-order valence-electron chi connectivity index (χ3n) is 5.23. The van der Waals surface area contributed by atoms with Crippen LogP contribution in [0.4, 0.5) is 18.9 Å². The first kappa shape index (κ1) is 29.7. The second-order valence-electron chi connectivity index (χ2n) is 7.90. The minimum absolute atomic E-state index is 0.0579. The normalized spacial score (nSPS) is 12.7. The van der Waals surface area contributed by atoms with Gasteiger partial charge in [-0.15, -0.1) is 0 Å². The maximum absolute atomic E-state index is 13.5. The Labute approximate surface area is 218 Å². The Bertz CT molecular complexity index is 1190. The van der Waals surface area contributed by atoms with Crippen molar-refractivity contribution < 1.29 is 31.2 Å². The van der Waals surface area contributed by atoms with Crippen LogP contribution in [0.1, 0.15) is 31.4 Å². The first-order valence-corrected chi connectivity index (χ1v) is 13.5. The van der Waals surface area contributed by atoms with Gasteiger partial charge in [0.15, 0.2) is 0 Å². The summed E-state index contributed by atoms with van der Waals surface area (Å²) in [6.45, 7) is 2.81. The average molecular weight is 568 g/mol. The zero-order valence-corrected chi connectivity index (χ0v) is 22.1. The van der Waals surface area contributed by atoms with Crippen LogP contribution in [-0.4, -0.2) is 50.5 Å². The van der Waals surface area contributed by atoms with Crippen LogP contribution in [0, 0.1) is 0 Å². The lowest BCUT2D eigenvalue weighted by Gasteiger charge is -2.33. The van der Waals surface area contributed by atoms with E-state index in [-0.39, 0.29) is 18.7 Å². The second-order valence-corrected chi connectivity index (χ2v) is 10.6. The highest BCUT2D eigenvalue weighted by Crippen LogP contribution is 2.37. The van der Waals surface area contributed by atoms with Gasteiger partial charge in [-0.1, -0.05) is 42.3 Å². The van der Waals surface area contributed by atoms with Crippen molar-refractivity contribution in [2.45, 2.75) is 39.0 Å². The molecule has 0 fully saturated rings. The van der Waals surface area contributed by atoms with Crippen molar-refractivity contribution in [3.63, 3.8) is 0 Å². The highest BCUT2D eigenvalue weighted by molar-refractivity contribution is 7.92. The van der Waals surface area contributed by atoms with Crippen molar-refractivity contribution in [1.29, 1.82) is 0 Å². The van der Waals surface area contributed by atoms with Crippen LogP contribution in [0.5, 0.6) is 0 Å². The number of hydrogen-bond donors (Lipinski definition) is 1. The molecule has 0 aromatic heterocycles. The Kier molecular flexibility index (Phi) is 10.0. The third kappa shape index (κ3) is 7.75. The first-order valence-electron chi connectivity index (χ1n) is 10.8. The molecule has 198 valence electrons. The number of anilines is 1. The fourth-order valence-electron chi connectivity index (χ4n) is 3.50. The van der Waals surface area contributed by atoms with Gasteiger partial charge in [0.25, 0.3) is 0 Å². The molecule has 2 amide bonds. The maximum atomic E-state index is 13.5. The first-order chi connectivity index (χ1) is 16.7.